The molecule has 0 spiro atoms. The monoisotopic (exact) mass is 419 g/mol. The number of hydrogen-bond donors (Lipinski definition) is 1. The average molecular weight is 420 g/mol. The number of hydrogen-bond acceptors (Lipinski definition) is 1. The average Bonchev–Trinajstić information content (AvgIpc) is 2.48. The molecule has 3 nitrogen and oxygen atoms in total. The van der Waals surface area contributed by atoms with Crippen LogP contribution in [0.25, 0.3) is 10.8 Å². The number of fused-ring (bicyclic) bond motifs is 1. The first-order valence-electron chi connectivity index (χ1n) is 6.77. The predicted molar refractivity (Wildman–Crippen MR) is 85.0 cm³/mol. The molecule has 0 aromatic heterocycles. The van der Waals surface area contributed by atoms with Crippen LogP contribution in [0.2, 0.25) is 10.0 Å². The van der Waals surface area contributed by atoms with Crippen molar-refractivity contribution in [3.8, 4) is 0 Å². The first-order chi connectivity index (χ1) is 11.7. The van der Waals surface area contributed by atoms with Crippen LogP contribution < -0.4 is 4.90 Å². The molecule has 142 valence electrons. The van der Waals surface area contributed by atoms with E-state index in [0.717, 1.165) is 12.1 Å². The molecule has 0 unspecified atom stereocenters. The van der Waals surface area contributed by atoms with Crippen molar-refractivity contribution in [2.75, 3.05) is 4.90 Å². The van der Waals surface area contributed by atoms with Gasteiger partial charge < -0.3 is 5.11 Å². The number of anilines is 1. The Labute approximate surface area is 152 Å². The molecule has 0 heterocycles. The van der Waals surface area contributed by atoms with Crippen molar-refractivity contribution >= 4 is 45.8 Å². The standard InChI is InChI=1S/C15H9Cl2F6NO2/c1-13(14(18,19)20,15(21,22)23)24(12(25)26)11-8-5-3-2-4-7(8)9(16)6-10(11)17/h2-6H,1H3,(H,25,26). The Hall–Kier alpha value is -1.87. The Morgan fingerprint density at radius 3 is 1.85 bits per heavy atom. The second-order valence-electron chi connectivity index (χ2n) is 5.42. The number of alkyl halides is 6. The van der Waals surface area contributed by atoms with Gasteiger partial charge in [-0.1, -0.05) is 47.5 Å². The maximum atomic E-state index is 13.4. The molecular weight excluding hydrogens is 411 g/mol. The van der Waals surface area contributed by atoms with Crippen LogP contribution in [0, 0.1) is 0 Å². The van der Waals surface area contributed by atoms with Gasteiger partial charge in [0.2, 0.25) is 5.54 Å². The Balaban J connectivity index is 2.98. The van der Waals surface area contributed by atoms with E-state index in [1.165, 1.54) is 18.2 Å². The van der Waals surface area contributed by atoms with Crippen molar-refractivity contribution in [1.29, 1.82) is 0 Å². The van der Waals surface area contributed by atoms with Gasteiger partial charge in [-0.05, 0) is 13.0 Å². The van der Waals surface area contributed by atoms with E-state index in [2.05, 4.69) is 0 Å². The van der Waals surface area contributed by atoms with Gasteiger partial charge in [0.25, 0.3) is 0 Å². The van der Waals surface area contributed by atoms with Crippen LogP contribution in [0.1, 0.15) is 6.92 Å². The van der Waals surface area contributed by atoms with E-state index in [1.807, 2.05) is 0 Å². The molecule has 1 N–H and O–H groups in total. The Morgan fingerprint density at radius 2 is 1.42 bits per heavy atom. The normalized spacial score (nSPS) is 13.1. The Kier molecular flexibility index (Phi) is 5.02. The summed E-state index contributed by atoms with van der Waals surface area (Å²) in [5.41, 5.74) is -5.71. The van der Waals surface area contributed by atoms with E-state index in [9.17, 15) is 36.2 Å². The summed E-state index contributed by atoms with van der Waals surface area (Å²) in [6.07, 6.45) is -14.4. The smallest absolute Gasteiger partial charge is 0.420 e. The molecule has 1 amide bonds. The molecular formula is C15H9Cl2F6NO2. The number of carboxylic acid groups (broad SMARTS) is 1. The first-order valence-corrected chi connectivity index (χ1v) is 7.52. The number of rotatable bonds is 2. The van der Waals surface area contributed by atoms with Gasteiger partial charge in [-0.3, -0.25) is 4.90 Å². The van der Waals surface area contributed by atoms with Crippen molar-refractivity contribution in [3.05, 3.63) is 40.4 Å². The molecule has 0 radical (unpaired) electrons. The maximum Gasteiger partial charge on any atom is 0.420 e. The van der Waals surface area contributed by atoms with E-state index in [4.69, 9.17) is 23.2 Å². The van der Waals surface area contributed by atoms with Crippen LogP contribution in [0.5, 0.6) is 0 Å². The summed E-state index contributed by atoms with van der Waals surface area (Å²) < 4.78 is 80.5. The number of halogens is 8. The van der Waals surface area contributed by atoms with Crippen LogP contribution in [-0.4, -0.2) is 29.1 Å². The van der Waals surface area contributed by atoms with Crippen molar-refractivity contribution in [2.45, 2.75) is 24.8 Å². The highest BCUT2D eigenvalue weighted by atomic mass is 35.5. The summed E-state index contributed by atoms with van der Waals surface area (Å²) >= 11 is 11.7. The van der Waals surface area contributed by atoms with E-state index in [-0.39, 0.29) is 22.7 Å². The lowest BCUT2D eigenvalue weighted by Gasteiger charge is -2.42. The van der Waals surface area contributed by atoms with Crippen molar-refractivity contribution in [1.82, 2.24) is 0 Å². The minimum atomic E-state index is -5.98. The summed E-state index contributed by atoms with van der Waals surface area (Å²) in [6, 6.07) is 6.08. The molecule has 2 aromatic carbocycles. The highest BCUT2D eigenvalue weighted by Crippen LogP contribution is 2.51. The molecule has 0 aliphatic rings. The second kappa shape index (κ2) is 6.38. The van der Waals surface area contributed by atoms with Crippen LogP contribution >= 0.6 is 23.2 Å². The van der Waals surface area contributed by atoms with Crippen molar-refractivity contribution in [2.24, 2.45) is 0 Å². The largest absolute Gasteiger partial charge is 0.465 e. The molecule has 0 fully saturated rings. The third-order valence-corrected chi connectivity index (χ3v) is 4.49. The van der Waals surface area contributed by atoms with Gasteiger partial charge in [0.15, 0.2) is 0 Å². The summed E-state index contributed by atoms with van der Waals surface area (Å²) in [4.78, 5) is 10.7. The van der Waals surface area contributed by atoms with E-state index in [1.54, 1.807) is 0 Å². The first kappa shape index (κ1) is 20.4. The highest BCUT2D eigenvalue weighted by molar-refractivity contribution is 6.41. The Morgan fingerprint density at radius 1 is 0.962 bits per heavy atom. The topological polar surface area (TPSA) is 40.5 Å². The fraction of sp³-hybridized carbons (Fsp3) is 0.267. The number of benzene rings is 2. The van der Waals surface area contributed by atoms with Gasteiger partial charge in [0.1, 0.15) is 0 Å². The molecule has 0 saturated carbocycles. The lowest BCUT2D eigenvalue weighted by molar-refractivity contribution is -0.289. The number of amides is 1. The lowest BCUT2D eigenvalue weighted by Crippen LogP contribution is -2.67. The molecule has 26 heavy (non-hydrogen) atoms. The number of carbonyl (C=O) groups is 1. The summed E-state index contributed by atoms with van der Waals surface area (Å²) in [5.74, 6) is 0. The van der Waals surface area contributed by atoms with Gasteiger partial charge in [-0.2, -0.15) is 26.3 Å². The number of nitrogens with zero attached hydrogens (tertiary/aromatic N) is 1. The summed E-state index contributed by atoms with van der Waals surface area (Å²) in [7, 11) is 0. The van der Waals surface area contributed by atoms with Crippen LogP contribution in [0.3, 0.4) is 0 Å². The summed E-state index contributed by atoms with van der Waals surface area (Å²) in [5, 5.41) is 8.33. The highest BCUT2D eigenvalue weighted by Gasteiger charge is 2.73. The molecule has 0 aliphatic carbocycles. The van der Waals surface area contributed by atoms with Gasteiger partial charge >= 0.3 is 18.4 Å². The molecule has 2 aromatic rings. The second-order valence-corrected chi connectivity index (χ2v) is 6.23. The quantitative estimate of drug-likeness (QED) is 0.563. The maximum absolute atomic E-state index is 13.4. The third-order valence-electron chi connectivity index (χ3n) is 3.89. The zero-order chi connectivity index (χ0) is 20.1. The third kappa shape index (κ3) is 3.03. The molecule has 0 aliphatic heterocycles. The van der Waals surface area contributed by atoms with Gasteiger partial charge in [0, 0.05) is 10.8 Å². The SMILES string of the molecule is CC(N(C(=O)O)c1c(Cl)cc(Cl)c2ccccc12)(C(F)(F)F)C(F)(F)F. The van der Waals surface area contributed by atoms with Gasteiger partial charge in [-0.25, -0.2) is 4.79 Å². The van der Waals surface area contributed by atoms with E-state index >= 15 is 0 Å². The van der Waals surface area contributed by atoms with E-state index < -0.39 is 39.6 Å². The lowest BCUT2D eigenvalue weighted by atomic mass is 9.96. The van der Waals surface area contributed by atoms with Gasteiger partial charge in [-0.15, -0.1) is 0 Å². The summed E-state index contributed by atoms with van der Waals surface area (Å²) in [6.45, 7) is -0.263. The van der Waals surface area contributed by atoms with Crippen LogP contribution in [-0.2, 0) is 0 Å². The molecule has 0 saturated heterocycles. The van der Waals surface area contributed by atoms with Crippen molar-refractivity contribution < 1.29 is 36.2 Å². The molecule has 0 bridgehead atoms. The minimum absolute atomic E-state index is 0.0477. The van der Waals surface area contributed by atoms with Crippen molar-refractivity contribution in [3.63, 3.8) is 0 Å². The van der Waals surface area contributed by atoms with Gasteiger partial charge in [0.05, 0.1) is 15.7 Å². The van der Waals surface area contributed by atoms with Crippen LogP contribution in [0.15, 0.2) is 30.3 Å². The molecule has 2 rings (SSSR count). The zero-order valence-electron chi connectivity index (χ0n) is 12.7. The van der Waals surface area contributed by atoms with E-state index in [0.29, 0.717) is 0 Å². The fourth-order valence-electron chi connectivity index (χ4n) is 2.44. The zero-order valence-corrected chi connectivity index (χ0v) is 14.2. The fourth-order valence-corrected chi connectivity index (χ4v) is 3.06. The predicted octanol–water partition coefficient (Wildman–Crippen LogP) is 6.51. The minimum Gasteiger partial charge on any atom is -0.465 e. The van der Waals surface area contributed by atoms with Crippen LogP contribution in [0.4, 0.5) is 36.8 Å². The molecule has 0 atom stereocenters. The molecule has 11 heteroatoms. The Bertz CT molecular complexity index is 852.